The molecule has 0 saturated carbocycles. The molecule has 0 aliphatic carbocycles. The summed E-state index contributed by atoms with van der Waals surface area (Å²) in [6.45, 7) is 6.43. The van der Waals surface area contributed by atoms with E-state index in [1.165, 1.54) is 5.56 Å². The Kier molecular flexibility index (Phi) is 6.22. The molecule has 1 atom stereocenters. The van der Waals surface area contributed by atoms with Crippen molar-refractivity contribution < 1.29 is 4.79 Å². The van der Waals surface area contributed by atoms with E-state index >= 15 is 0 Å². The number of anilines is 2. The van der Waals surface area contributed by atoms with Gasteiger partial charge in [0.05, 0.1) is 23.1 Å². The summed E-state index contributed by atoms with van der Waals surface area (Å²) in [5, 5.41) is 17.1. The molecule has 7 nitrogen and oxygen atoms in total. The van der Waals surface area contributed by atoms with Gasteiger partial charge in [0, 0.05) is 56.3 Å². The van der Waals surface area contributed by atoms with Crippen LogP contribution in [0.3, 0.4) is 0 Å². The van der Waals surface area contributed by atoms with Gasteiger partial charge >= 0.3 is 0 Å². The summed E-state index contributed by atoms with van der Waals surface area (Å²) in [5.74, 6) is 0.380. The minimum atomic E-state index is 0.0197. The highest BCUT2D eigenvalue weighted by atomic mass is 16.1. The predicted octanol–water partition coefficient (Wildman–Crippen LogP) is 5.20. The molecule has 0 bridgehead atoms. The molecule has 0 aliphatic rings. The van der Waals surface area contributed by atoms with Crippen LogP contribution in [0.4, 0.5) is 11.4 Å². The van der Waals surface area contributed by atoms with Gasteiger partial charge in [-0.25, -0.2) is 0 Å². The summed E-state index contributed by atoms with van der Waals surface area (Å²) in [4.78, 5) is 11.1. The first-order valence-corrected chi connectivity index (χ1v) is 11.3. The second kappa shape index (κ2) is 9.10. The number of carbonyl (C=O) groups excluding carboxylic acids is 1. The number of fused-ring (bicyclic) bond motifs is 1. The summed E-state index contributed by atoms with van der Waals surface area (Å²) >= 11 is 0. The maximum atomic E-state index is 11.1. The molecular formula is C26H32N6O. The summed E-state index contributed by atoms with van der Waals surface area (Å²) in [7, 11) is 5.81. The van der Waals surface area contributed by atoms with Gasteiger partial charge in [0.25, 0.3) is 0 Å². The van der Waals surface area contributed by atoms with Crippen LogP contribution in [0.15, 0.2) is 42.7 Å². The van der Waals surface area contributed by atoms with Crippen molar-refractivity contribution in [2.75, 3.05) is 17.7 Å². The van der Waals surface area contributed by atoms with Gasteiger partial charge in [-0.1, -0.05) is 19.9 Å². The number of hydrogen-bond donors (Lipinski definition) is 2. The second-order valence-electron chi connectivity index (χ2n) is 8.95. The van der Waals surface area contributed by atoms with E-state index in [-0.39, 0.29) is 6.04 Å². The number of aldehydes is 1. The van der Waals surface area contributed by atoms with Crippen molar-refractivity contribution in [1.29, 1.82) is 0 Å². The molecule has 0 saturated heterocycles. The minimum Gasteiger partial charge on any atom is -0.386 e. The third-order valence-electron chi connectivity index (χ3n) is 6.08. The van der Waals surface area contributed by atoms with Crippen LogP contribution in [0, 0.1) is 0 Å². The van der Waals surface area contributed by atoms with Gasteiger partial charge in [0.2, 0.25) is 0 Å². The Morgan fingerprint density at radius 1 is 1.09 bits per heavy atom. The van der Waals surface area contributed by atoms with Crippen LogP contribution in [-0.4, -0.2) is 38.9 Å². The van der Waals surface area contributed by atoms with Crippen LogP contribution in [0.1, 0.15) is 38.7 Å². The maximum absolute atomic E-state index is 11.1. The fraction of sp³-hybridized carbons (Fsp3) is 0.346. The van der Waals surface area contributed by atoms with Gasteiger partial charge in [-0.15, -0.1) is 0 Å². The van der Waals surface area contributed by atoms with Crippen LogP contribution in [-0.2, 0) is 18.9 Å². The third kappa shape index (κ3) is 4.35. The molecule has 0 radical (unpaired) electrons. The molecule has 4 rings (SSSR count). The predicted molar refractivity (Wildman–Crippen MR) is 136 cm³/mol. The maximum Gasteiger partial charge on any atom is 0.122 e. The number of nitrogens with zero attached hydrogens (tertiary/aromatic N) is 4. The molecule has 0 amide bonds. The van der Waals surface area contributed by atoms with Crippen molar-refractivity contribution in [3.63, 3.8) is 0 Å². The number of aromatic nitrogens is 4. The van der Waals surface area contributed by atoms with Crippen LogP contribution < -0.4 is 10.6 Å². The summed E-state index contributed by atoms with van der Waals surface area (Å²) < 4.78 is 3.71. The van der Waals surface area contributed by atoms with E-state index in [0.29, 0.717) is 12.3 Å². The van der Waals surface area contributed by atoms with Crippen molar-refractivity contribution in [3.05, 3.63) is 48.3 Å². The zero-order chi connectivity index (χ0) is 23.7. The smallest absolute Gasteiger partial charge is 0.122 e. The lowest BCUT2D eigenvalue weighted by Crippen LogP contribution is -2.17. The Hall–Kier alpha value is -3.61. The zero-order valence-electron chi connectivity index (χ0n) is 20.2. The van der Waals surface area contributed by atoms with E-state index < -0.39 is 0 Å². The van der Waals surface area contributed by atoms with Crippen molar-refractivity contribution in [1.82, 2.24) is 19.6 Å². The summed E-state index contributed by atoms with van der Waals surface area (Å²) in [5.41, 5.74) is 8.45. The average Bonchev–Trinajstić information content (AvgIpc) is 3.36. The van der Waals surface area contributed by atoms with E-state index in [1.807, 2.05) is 45.1 Å². The number of nitrogens with one attached hydrogen (secondary N) is 2. The van der Waals surface area contributed by atoms with Crippen LogP contribution in [0.5, 0.6) is 0 Å². The monoisotopic (exact) mass is 444 g/mol. The Balaban J connectivity index is 1.93. The van der Waals surface area contributed by atoms with Gasteiger partial charge in [-0.3, -0.25) is 9.36 Å². The first-order valence-electron chi connectivity index (χ1n) is 11.3. The van der Waals surface area contributed by atoms with Crippen LogP contribution >= 0.6 is 0 Å². The standard InChI is InChI=1S/C26H32N6O/c1-16(2)19-12-21(26(23(13-19)27-4)29-17(3)9-10-33)18-7-8-24-22(11-18)25(30-32(24)6)20-14-28-31(5)15-20/h7-8,10-17,27,29H,9H2,1-6H3. The fourth-order valence-electron chi connectivity index (χ4n) is 4.22. The molecule has 1 unspecified atom stereocenters. The van der Waals surface area contributed by atoms with Gasteiger partial charge in [0.1, 0.15) is 12.0 Å². The number of hydrogen-bond acceptors (Lipinski definition) is 5. The zero-order valence-corrected chi connectivity index (χ0v) is 20.2. The molecule has 4 aromatic rings. The van der Waals surface area contributed by atoms with Gasteiger partial charge < -0.3 is 15.4 Å². The molecule has 0 aliphatic heterocycles. The van der Waals surface area contributed by atoms with Crippen molar-refractivity contribution in [3.8, 4) is 22.4 Å². The second-order valence-corrected chi connectivity index (χ2v) is 8.95. The highest BCUT2D eigenvalue weighted by molar-refractivity contribution is 5.98. The molecule has 2 N–H and O–H groups in total. The molecule has 2 heterocycles. The largest absolute Gasteiger partial charge is 0.386 e. The molecule has 2 aromatic heterocycles. The Morgan fingerprint density at radius 3 is 2.52 bits per heavy atom. The quantitative estimate of drug-likeness (QED) is 0.366. The van der Waals surface area contributed by atoms with Crippen molar-refractivity contribution in [2.24, 2.45) is 14.1 Å². The summed E-state index contributed by atoms with van der Waals surface area (Å²) in [6, 6.07) is 10.9. The average molecular weight is 445 g/mol. The molecule has 2 aromatic carbocycles. The number of aryl methyl sites for hydroxylation is 2. The first kappa shape index (κ1) is 22.6. The van der Waals surface area contributed by atoms with E-state index in [4.69, 9.17) is 5.10 Å². The van der Waals surface area contributed by atoms with Gasteiger partial charge in [-0.05, 0) is 48.2 Å². The third-order valence-corrected chi connectivity index (χ3v) is 6.08. The van der Waals surface area contributed by atoms with Crippen LogP contribution in [0.2, 0.25) is 0 Å². The van der Waals surface area contributed by atoms with Crippen molar-refractivity contribution >= 4 is 28.6 Å². The number of carbonyl (C=O) groups is 1. The highest BCUT2D eigenvalue weighted by Crippen LogP contribution is 2.40. The topological polar surface area (TPSA) is 76.8 Å². The molecular weight excluding hydrogens is 412 g/mol. The minimum absolute atomic E-state index is 0.0197. The molecule has 172 valence electrons. The molecule has 0 spiro atoms. The van der Waals surface area contributed by atoms with Crippen molar-refractivity contribution in [2.45, 2.75) is 39.2 Å². The summed E-state index contributed by atoms with van der Waals surface area (Å²) in [6.07, 6.45) is 5.24. The SMILES string of the molecule is CNc1cc(C(C)C)cc(-c2ccc3c(c2)c(-c2cnn(C)c2)nn3C)c1NC(C)CC=O. The van der Waals surface area contributed by atoms with Crippen LogP contribution in [0.25, 0.3) is 33.3 Å². The Labute approximate surface area is 194 Å². The van der Waals surface area contributed by atoms with E-state index in [9.17, 15) is 4.79 Å². The highest BCUT2D eigenvalue weighted by Gasteiger charge is 2.18. The lowest BCUT2D eigenvalue weighted by molar-refractivity contribution is -0.107. The van der Waals surface area contributed by atoms with Gasteiger partial charge in [0.15, 0.2) is 0 Å². The first-order chi connectivity index (χ1) is 15.8. The molecule has 0 fully saturated rings. The number of rotatable bonds is 8. The van der Waals surface area contributed by atoms with E-state index in [2.05, 4.69) is 59.9 Å². The van der Waals surface area contributed by atoms with Gasteiger partial charge in [-0.2, -0.15) is 10.2 Å². The Morgan fingerprint density at radius 2 is 1.88 bits per heavy atom. The lowest BCUT2D eigenvalue weighted by atomic mass is 9.93. The normalized spacial score (nSPS) is 12.3. The Bertz CT molecular complexity index is 1300. The van der Waals surface area contributed by atoms with E-state index in [1.54, 1.807) is 4.68 Å². The van der Waals surface area contributed by atoms with E-state index in [0.717, 1.165) is 50.9 Å². The fourth-order valence-corrected chi connectivity index (χ4v) is 4.22. The molecule has 7 heteroatoms. The molecule has 33 heavy (non-hydrogen) atoms. The lowest BCUT2D eigenvalue weighted by Gasteiger charge is -2.23. The number of benzene rings is 2.